The van der Waals surface area contributed by atoms with Gasteiger partial charge in [0.15, 0.2) is 0 Å². The highest BCUT2D eigenvalue weighted by Gasteiger charge is 2.44. The van der Waals surface area contributed by atoms with Gasteiger partial charge in [0.25, 0.3) is 0 Å². The van der Waals surface area contributed by atoms with Gasteiger partial charge in [-0.15, -0.1) is 0 Å². The van der Waals surface area contributed by atoms with E-state index < -0.39 is 0 Å². The molecule has 2 amide bonds. The van der Waals surface area contributed by atoms with Crippen LogP contribution in [-0.4, -0.2) is 41.7 Å². The first-order valence-electron chi connectivity index (χ1n) is 11.6. The molecule has 5 nitrogen and oxygen atoms in total. The molecule has 3 atom stereocenters. The molecule has 1 aliphatic heterocycles. The molecular formula is C28H27N3O2. The Morgan fingerprint density at radius 3 is 2.61 bits per heavy atom. The number of carbonyl (C=O) groups is 1. The number of carbonyl (C=O) groups excluding carboxylic acids is 1. The van der Waals surface area contributed by atoms with Crippen molar-refractivity contribution in [3.8, 4) is 11.1 Å². The number of urea groups is 1. The molecule has 5 heteroatoms. The van der Waals surface area contributed by atoms with Crippen molar-refractivity contribution < 1.29 is 9.53 Å². The number of likely N-dealkylation sites (tertiary alicyclic amines) is 1. The lowest BCUT2D eigenvalue weighted by molar-refractivity contribution is 0.00181. The van der Waals surface area contributed by atoms with Crippen molar-refractivity contribution in [1.29, 1.82) is 0 Å². The highest BCUT2D eigenvalue weighted by molar-refractivity contribution is 5.95. The van der Waals surface area contributed by atoms with Gasteiger partial charge >= 0.3 is 6.03 Å². The number of benzene rings is 3. The van der Waals surface area contributed by atoms with Crippen LogP contribution >= 0.6 is 0 Å². The summed E-state index contributed by atoms with van der Waals surface area (Å²) in [5, 5.41) is 4.46. The van der Waals surface area contributed by atoms with E-state index in [1.807, 2.05) is 47.4 Å². The SMILES string of the molecule is CO[C@H]1CN(C(=O)Nc2ccccc2-c2ccccc2)[C@H]2Cc3c([nH]c4ccccc34)[C@@H]1C2. The number of anilines is 1. The molecule has 1 aliphatic carbocycles. The summed E-state index contributed by atoms with van der Waals surface area (Å²) < 4.78 is 5.91. The summed E-state index contributed by atoms with van der Waals surface area (Å²) in [6.07, 6.45) is 1.73. The lowest BCUT2D eigenvalue weighted by Crippen LogP contribution is -2.56. The molecule has 4 aromatic rings. The number of rotatable bonds is 3. The first kappa shape index (κ1) is 20.1. The molecule has 2 N–H and O–H groups in total. The third-order valence-electron chi connectivity index (χ3n) is 7.27. The first-order valence-corrected chi connectivity index (χ1v) is 11.6. The molecule has 0 unspecified atom stereocenters. The van der Waals surface area contributed by atoms with E-state index in [0.29, 0.717) is 6.54 Å². The fourth-order valence-electron chi connectivity index (χ4n) is 5.67. The number of amides is 2. The van der Waals surface area contributed by atoms with Gasteiger partial charge in [-0.3, -0.25) is 0 Å². The molecule has 2 aliphatic rings. The predicted octanol–water partition coefficient (Wildman–Crippen LogP) is 5.80. The standard InChI is InChI=1S/C28H27N3O2/c1-33-26-17-31(19-15-22-21-12-6-8-14-25(21)29-27(22)23(26)16-19)28(32)30-24-13-7-5-11-20(24)18-9-3-2-4-10-18/h2-14,19,23,26,29H,15-17H2,1H3,(H,30,32)/t19-,23+,26-/m0/s1. The number of ether oxygens (including phenoxy) is 1. The predicted molar refractivity (Wildman–Crippen MR) is 132 cm³/mol. The van der Waals surface area contributed by atoms with Gasteiger partial charge in [0, 0.05) is 47.8 Å². The van der Waals surface area contributed by atoms with E-state index in [9.17, 15) is 4.79 Å². The van der Waals surface area contributed by atoms with E-state index in [1.54, 1.807) is 7.11 Å². The zero-order valence-electron chi connectivity index (χ0n) is 18.6. The van der Waals surface area contributed by atoms with Gasteiger partial charge < -0.3 is 19.9 Å². The Morgan fingerprint density at radius 1 is 1.00 bits per heavy atom. The van der Waals surface area contributed by atoms with Crippen LogP contribution in [0.5, 0.6) is 0 Å². The van der Waals surface area contributed by atoms with Gasteiger partial charge in [-0.25, -0.2) is 4.79 Å². The Kier molecular flexibility index (Phi) is 4.92. The van der Waals surface area contributed by atoms with Gasteiger partial charge in [0.05, 0.1) is 11.8 Å². The van der Waals surface area contributed by atoms with Crippen LogP contribution < -0.4 is 5.32 Å². The summed E-state index contributed by atoms with van der Waals surface area (Å²) >= 11 is 0. The van der Waals surface area contributed by atoms with Crippen molar-refractivity contribution in [3.63, 3.8) is 0 Å². The van der Waals surface area contributed by atoms with E-state index in [1.165, 1.54) is 16.6 Å². The molecule has 1 fully saturated rings. The average molecular weight is 438 g/mol. The van der Waals surface area contributed by atoms with Crippen LogP contribution in [0.25, 0.3) is 22.0 Å². The highest BCUT2D eigenvalue weighted by atomic mass is 16.5. The molecule has 1 saturated heterocycles. The van der Waals surface area contributed by atoms with Crippen molar-refractivity contribution in [2.45, 2.75) is 30.9 Å². The molecule has 33 heavy (non-hydrogen) atoms. The molecule has 1 aromatic heterocycles. The maximum atomic E-state index is 13.6. The molecule has 0 saturated carbocycles. The summed E-state index contributed by atoms with van der Waals surface area (Å²) in [7, 11) is 1.75. The smallest absolute Gasteiger partial charge is 0.322 e. The van der Waals surface area contributed by atoms with Crippen LogP contribution in [0.15, 0.2) is 78.9 Å². The van der Waals surface area contributed by atoms with Crippen LogP contribution in [0, 0.1) is 0 Å². The van der Waals surface area contributed by atoms with Crippen molar-refractivity contribution >= 4 is 22.6 Å². The van der Waals surface area contributed by atoms with E-state index >= 15 is 0 Å². The summed E-state index contributed by atoms with van der Waals surface area (Å²) in [6.45, 7) is 0.583. The van der Waals surface area contributed by atoms with Crippen molar-refractivity contribution in [2.75, 3.05) is 19.0 Å². The normalized spacial score (nSPS) is 21.6. The molecule has 3 aromatic carbocycles. The Hall–Kier alpha value is -3.57. The lowest BCUT2D eigenvalue weighted by atomic mass is 9.76. The first-order chi connectivity index (χ1) is 16.2. The zero-order chi connectivity index (χ0) is 22.4. The Balaban J connectivity index is 1.32. The van der Waals surface area contributed by atoms with E-state index in [-0.39, 0.29) is 24.1 Å². The Labute approximate surface area is 193 Å². The molecular weight excluding hydrogens is 410 g/mol. The zero-order valence-corrected chi connectivity index (χ0v) is 18.6. The van der Waals surface area contributed by atoms with Crippen molar-refractivity contribution in [1.82, 2.24) is 9.88 Å². The quantitative estimate of drug-likeness (QED) is 0.426. The monoisotopic (exact) mass is 437 g/mol. The number of piperidine rings is 1. The maximum absolute atomic E-state index is 13.6. The van der Waals surface area contributed by atoms with E-state index in [2.05, 4.69) is 46.7 Å². The number of aromatic amines is 1. The maximum Gasteiger partial charge on any atom is 0.322 e. The van der Waals surface area contributed by atoms with Crippen molar-refractivity contribution in [2.24, 2.45) is 0 Å². The number of fused-ring (bicyclic) bond motifs is 6. The fraction of sp³-hybridized carbons (Fsp3) is 0.250. The summed E-state index contributed by atoms with van der Waals surface area (Å²) in [5.74, 6) is 0.275. The number of H-pyrrole nitrogens is 1. The fourth-order valence-corrected chi connectivity index (χ4v) is 5.67. The molecule has 166 valence electrons. The number of para-hydroxylation sites is 2. The average Bonchev–Trinajstić information content (AvgIpc) is 3.24. The minimum absolute atomic E-state index is 0.0384. The van der Waals surface area contributed by atoms with Gasteiger partial charge in [-0.2, -0.15) is 0 Å². The molecule has 0 radical (unpaired) electrons. The van der Waals surface area contributed by atoms with E-state index in [0.717, 1.165) is 35.2 Å². The van der Waals surface area contributed by atoms with Crippen molar-refractivity contribution in [3.05, 3.63) is 90.1 Å². The Bertz CT molecular complexity index is 1310. The van der Waals surface area contributed by atoms with Gasteiger partial charge in [-0.1, -0.05) is 66.7 Å². The molecule has 0 spiro atoms. The largest absolute Gasteiger partial charge is 0.379 e. The van der Waals surface area contributed by atoms with Crippen LogP contribution in [0.4, 0.5) is 10.5 Å². The number of aromatic nitrogens is 1. The van der Waals surface area contributed by atoms with E-state index in [4.69, 9.17) is 4.74 Å². The van der Waals surface area contributed by atoms with Crippen LogP contribution in [0.3, 0.4) is 0 Å². The topological polar surface area (TPSA) is 57.4 Å². The van der Waals surface area contributed by atoms with Crippen LogP contribution in [-0.2, 0) is 11.2 Å². The summed E-state index contributed by atoms with van der Waals surface area (Å²) in [6, 6.07) is 26.7. The number of nitrogens with one attached hydrogen (secondary N) is 2. The number of hydrogen-bond acceptors (Lipinski definition) is 2. The summed E-state index contributed by atoms with van der Waals surface area (Å²) in [5.41, 5.74) is 6.71. The van der Waals surface area contributed by atoms with Gasteiger partial charge in [-0.05, 0) is 36.1 Å². The number of nitrogens with zero attached hydrogens (tertiary/aromatic N) is 1. The van der Waals surface area contributed by atoms with Gasteiger partial charge in [0.2, 0.25) is 0 Å². The minimum atomic E-state index is -0.0628. The number of hydrogen-bond donors (Lipinski definition) is 2. The minimum Gasteiger partial charge on any atom is -0.379 e. The second kappa shape index (κ2) is 8.09. The number of methoxy groups -OCH3 is 1. The Morgan fingerprint density at radius 2 is 1.76 bits per heavy atom. The second-order valence-corrected chi connectivity index (χ2v) is 9.03. The van der Waals surface area contributed by atoms with Crippen LogP contribution in [0.1, 0.15) is 23.6 Å². The summed E-state index contributed by atoms with van der Waals surface area (Å²) in [4.78, 5) is 19.2. The second-order valence-electron chi connectivity index (χ2n) is 9.03. The lowest BCUT2D eigenvalue weighted by Gasteiger charge is -2.46. The highest BCUT2D eigenvalue weighted by Crippen LogP contribution is 2.43. The molecule has 2 heterocycles. The third kappa shape index (κ3) is 3.40. The molecule has 2 bridgehead atoms. The molecule has 6 rings (SSSR count). The van der Waals surface area contributed by atoms with Gasteiger partial charge in [0.1, 0.15) is 0 Å². The van der Waals surface area contributed by atoms with Crippen LogP contribution in [0.2, 0.25) is 0 Å². The third-order valence-corrected chi connectivity index (χ3v) is 7.27.